The van der Waals surface area contributed by atoms with Gasteiger partial charge in [-0.25, -0.2) is 13.5 Å². The van der Waals surface area contributed by atoms with Crippen LogP contribution in [-0.4, -0.2) is 18.5 Å². The van der Waals surface area contributed by atoms with Crippen LogP contribution in [0.5, 0.6) is 5.75 Å². The number of halogens is 1. The fraction of sp³-hybridized carbons (Fsp3) is 0.0667. The Hall–Kier alpha value is -2.54. The molecule has 114 valence electrons. The first-order valence-electron chi connectivity index (χ1n) is 6.32. The van der Waals surface area contributed by atoms with Gasteiger partial charge in [-0.05, 0) is 36.4 Å². The third-order valence-electron chi connectivity index (χ3n) is 2.62. The third-order valence-corrected chi connectivity index (χ3v) is 3.04. The molecule has 0 fully saturated rings. The number of nitrogens with zero attached hydrogens (tertiary/aromatic N) is 1. The van der Waals surface area contributed by atoms with Crippen molar-refractivity contribution in [3.05, 3.63) is 60.4 Å². The molecule has 5 nitrogen and oxygen atoms in total. The summed E-state index contributed by atoms with van der Waals surface area (Å²) >= 11 is 3.97. The van der Waals surface area contributed by atoms with E-state index >= 15 is 0 Å². The van der Waals surface area contributed by atoms with Crippen LogP contribution in [0.2, 0.25) is 0 Å². The van der Waals surface area contributed by atoms with E-state index in [1.807, 2.05) is 6.07 Å². The molecular weight excluding hydrogens is 307 g/mol. The molecule has 0 bridgehead atoms. The van der Waals surface area contributed by atoms with E-state index in [2.05, 4.69) is 18.1 Å². The Balaban J connectivity index is 1.85. The van der Waals surface area contributed by atoms with E-state index in [-0.39, 0.29) is 6.61 Å². The second-order valence-corrected chi connectivity index (χ2v) is 4.64. The molecule has 0 aliphatic heterocycles. The molecule has 0 aliphatic carbocycles. The Bertz CT molecular complexity index is 650. The maximum atomic E-state index is 12.8. The van der Waals surface area contributed by atoms with Gasteiger partial charge in [-0.3, -0.25) is 10.1 Å². The quantitative estimate of drug-likeness (QED) is 0.852. The molecule has 0 aliphatic rings. The maximum absolute atomic E-state index is 12.8. The van der Waals surface area contributed by atoms with E-state index in [0.717, 1.165) is 4.31 Å². The zero-order chi connectivity index (χ0) is 15.9. The second kappa shape index (κ2) is 7.46. The summed E-state index contributed by atoms with van der Waals surface area (Å²) in [6.07, 6.45) is 0. The van der Waals surface area contributed by atoms with Crippen LogP contribution in [0, 0.1) is 5.82 Å². The number of imide groups is 1. The smallest absolute Gasteiger partial charge is 0.338 e. The van der Waals surface area contributed by atoms with Gasteiger partial charge in [0.1, 0.15) is 11.6 Å². The minimum atomic E-state index is -0.753. The minimum Gasteiger partial charge on any atom is -0.484 e. The van der Waals surface area contributed by atoms with Gasteiger partial charge in [0.25, 0.3) is 5.91 Å². The maximum Gasteiger partial charge on any atom is 0.338 e. The summed E-state index contributed by atoms with van der Waals surface area (Å²) in [4.78, 5) is 23.5. The molecule has 2 aromatic rings. The first kappa shape index (κ1) is 15.8. The highest BCUT2D eigenvalue weighted by atomic mass is 32.1. The summed E-state index contributed by atoms with van der Waals surface area (Å²) in [6, 6.07) is 13.1. The Morgan fingerprint density at radius 3 is 2.36 bits per heavy atom. The van der Waals surface area contributed by atoms with Crippen molar-refractivity contribution in [1.29, 1.82) is 0 Å². The van der Waals surface area contributed by atoms with Gasteiger partial charge in [0.05, 0.1) is 5.69 Å². The number of thiol groups is 1. The van der Waals surface area contributed by atoms with Crippen molar-refractivity contribution in [2.45, 2.75) is 0 Å². The number of hydrogen-bond donors (Lipinski definition) is 2. The highest BCUT2D eigenvalue weighted by molar-refractivity contribution is 7.82. The topological polar surface area (TPSA) is 58.6 Å². The van der Waals surface area contributed by atoms with Gasteiger partial charge in [0, 0.05) is 0 Å². The molecule has 3 amide bonds. The molecule has 0 heterocycles. The van der Waals surface area contributed by atoms with Gasteiger partial charge < -0.3 is 4.74 Å². The van der Waals surface area contributed by atoms with Crippen LogP contribution in [0.1, 0.15) is 0 Å². The van der Waals surface area contributed by atoms with Crippen molar-refractivity contribution >= 4 is 30.4 Å². The summed E-state index contributed by atoms with van der Waals surface area (Å²) in [5.41, 5.74) is 0.332. The first-order chi connectivity index (χ1) is 10.6. The molecule has 2 rings (SSSR count). The van der Waals surface area contributed by atoms with Crippen LogP contribution in [0.25, 0.3) is 0 Å². The van der Waals surface area contributed by atoms with E-state index in [9.17, 15) is 14.0 Å². The predicted octanol–water partition coefficient (Wildman–Crippen LogP) is 2.79. The van der Waals surface area contributed by atoms with Gasteiger partial charge in [0.2, 0.25) is 0 Å². The van der Waals surface area contributed by atoms with Gasteiger partial charge >= 0.3 is 6.03 Å². The zero-order valence-corrected chi connectivity index (χ0v) is 12.3. The number of urea groups is 1. The molecule has 0 saturated heterocycles. The third kappa shape index (κ3) is 4.49. The van der Waals surface area contributed by atoms with Crippen LogP contribution < -0.4 is 14.4 Å². The predicted molar refractivity (Wildman–Crippen MR) is 83.3 cm³/mol. The minimum absolute atomic E-state index is 0.305. The van der Waals surface area contributed by atoms with Crippen molar-refractivity contribution in [3.8, 4) is 5.75 Å². The summed E-state index contributed by atoms with van der Waals surface area (Å²) in [5.74, 6) is -0.528. The number of rotatable bonds is 4. The molecule has 0 spiro atoms. The normalized spacial score (nSPS) is 9.91. The molecule has 0 radical (unpaired) electrons. The highest BCUT2D eigenvalue weighted by Crippen LogP contribution is 2.16. The average molecular weight is 320 g/mol. The van der Waals surface area contributed by atoms with Gasteiger partial charge in [-0.1, -0.05) is 31.0 Å². The van der Waals surface area contributed by atoms with Crippen LogP contribution in [-0.2, 0) is 4.79 Å². The van der Waals surface area contributed by atoms with E-state index in [0.29, 0.717) is 11.4 Å². The number of para-hydroxylation sites is 1. The zero-order valence-electron chi connectivity index (χ0n) is 11.4. The summed E-state index contributed by atoms with van der Waals surface area (Å²) in [7, 11) is 0. The molecule has 1 N–H and O–H groups in total. The number of ether oxygens (including phenoxy) is 1. The lowest BCUT2D eigenvalue weighted by Crippen LogP contribution is -2.40. The van der Waals surface area contributed by atoms with Gasteiger partial charge in [-0.2, -0.15) is 0 Å². The van der Waals surface area contributed by atoms with Crippen molar-refractivity contribution in [3.63, 3.8) is 0 Å². The Kier molecular flexibility index (Phi) is 5.37. The lowest BCUT2D eigenvalue weighted by Gasteiger charge is -2.16. The highest BCUT2D eigenvalue weighted by Gasteiger charge is 2.15. The largest absolute Gasteiger partial charge is 0.484 e. The number of hydrogen-bond acceptors (Lipinski definition) is 4. The summed E-state index contributed by atoms with van der Waals surface area (Å²) in [5, 5.41) is 2.12. The molecular formula is C15H13FN2O3S. The number of benzene rings is 2. The van der Waals surface area contributed by atoms with Crippen LogP contribution in [0.3, 0.4) is 0 Å². The van der Waals surface area contributed by atoms with Crippen molar-refractivity contribution < 1.29 is 18.7 Å². The Morgan fingerprint density at radius 2 is 1.73 bits per heavy atom. The Morgan fingerprint density at radius 1 is 1.09 bits per heavy atom. The van der Waals surface area contributed by atoms with Crippen molar-refractivity contribution in [1.82, 2.24) is 5.32 Å². The number of carbonyl (C=O) groups excluding carboxylic acids is 2. The van der Waals surface area contributed by atoms with E-state index in [1.165, 1.54) is 24.3 Å². The molecule has 2 aromatic carbocycles. The molecule has 22 heavy (non-hydrogen) atoms. The van der Waals surface area contributed by atoms with E-state index < -0.39 is 17.8 Å². The number of anilines is 1. The number of nitrogens with one attached hydrogen (secondary N) is 1. The van der Waals surface area contributed by atoms with Crippen LogP contribution >= 0.6 is 12.8 Å². The average Bonchev–Trinajstić information content (AvgIpc) is 2.54. The first-order valence-corrected chi connectivity index (χ1v) is 6.72. The molecule has 0 atom stereocenters. The lowest BCUT2D eigenvalue weighted by atomic mass is 10.3. The molecule has 7 heteroatoms. The van der Waals surface area contributed by atoms with E-state index in [4.69, 9.17) is 4.74 Å². The lowest BCUT2D eigenvalue weighted by molar-refractivity contribution is -0.121. The standard InChI is InChI=1S/C15H13FN2O3S/c16-11-6-8-12(9-7-11)18(22)15(20)17-14(19)10-21-13-4-2-1-3-5-13/h1-9,22H,10H2,(H,17,19,20). The fourth-order valence-corrected chi connectivity index (χ4v) is 1.76. The Labute approximate surface area is 132 Å². The van der Waals surface area contributed by atoms with Crippen LogP contribution in [0.15, 0.2) is 54.6 Å². The SMILES string of the molecule is O=C(COc1ccccc1)NC(=O)N(S)c1ccc(F)cc1. The second-order valence-electron chi connectivity index (χ2n) is 4.24. The summed E-state index contributed by atoms with van der Waals surface area (Å²) < 4.78 is 18.9. The van der Waals surface area contributed by atoms with Crippen LogP contribution in [0.4, 0.5) is 14.9 Å². The van der Waals surface area contributed by atoms with E-state index in [1.54, 1.807) is 24.3 Å². The van der Waals surface area contributed by atoms with Crippen molar-refractivity contribution in [2.24, 2.45) is 0 Å². The molecule has 0 saturated carbocycles. The number of carbonyl (C=O) groups is 2. The fourth-order valence-electron chi connectivity index (χ4n) is 1.57. The molecule has 0 aromatic heterocycles. The van der Waals surface area contributed by atoms with Crippen molar-refractivity contribution in [2.75, 3.05) is 10.9 Å². The molecule has 0 unspecified atom stereocenters. The van der Waals surface area contributed by atoms with Gasteiger partial charge in [0.15, 0.2) is 6.61 Å². The summed E-state index contributed by atoms with van der Waals surface area (Å²) in [6.45, 7) is -0.305. The monoisotopic (exact) mass is 320 g/mol. The number of amides is 3. The van der Waals surface area contributed by atoms with Gasteiger partial charge in [-0.15, -0.1) is 0 Å².